The van der Waals surface area contributed by atoms with Crippen molar-refractivity contribution < 1.29 is 24.1 Å². The molecule has 37 heavy (non-hydrogen) atoms. The Morgan fingerprint density at radius 2 is 1.22 bits per heavy atom. The minimum Gasteiger partial charge on any atom is -0.497 e. The Balaban J connectivity index is 1.50. The SMILES string of the molecule is COc1ccc(C(OCC2(CO)COC(c3ccccc3)OC2)(c2ccccc2)c2ccccc2)cc1. The number of ether oxygens (including phenoxy) is 4. The van der Waals surface area contributed by atoms with Gasteiger partial charge in [-0.2, -0.15) is 0 Å². The van der Waals surface area contributed by atoms with Gasteiger partial charge in [0.05, 0.1) is 39.0 Å². The first-order valence-electron chi connectivity index (χ1n) is 12.5. The number of hydrogen-bond donors (Lipinski definition) is 1. The maximum absolute atomic E-state index is 10.5. The fourth-order valence-corrected chi connectivity index (χ4v) is 4.80. The Bertz CT molecular complexity index is 1200. The van der Waals surface area contributed by atoms with E-state index in [0.29, 0.717) is 13.2 Å². The second-order valence-electron chi connectivity index (χ2n) is 9.45. The lowest BCUT2D eigenvalue weighted by atomic mass is 9.79. The van der Waals surface area contributed by atoms with Gasteiger partial charge in [-0.3, -0.25) is 0 Å². The summed E-state index contributed by atoms with van der Waals surface area (Å²) in [4.78, 5) is 0. The van der Waals surface area contributed by atoms with Crippen LogP contribution in [0.1, 0.15) is 28.5 Å². The second-order valence-corrected chi connectivity index (χ2v) is 9.45. The highest BCUT2D eigenvalue weighted by Gasteiger charge is 2.43. The molecule has 1 N–H and O–H groups in total. The van der Waals surface area contributed by atoms with Crippen LogP contribution in [-0.2, 0) is 19.8 Å². The van der Waals surface area contributed by atoms with Crippen molar-refractivity contribution >= 4 is 0 Å². The highest BCUT2D eigenvalue weighted by Crippen LogP contribution is 2.43. The van der Waals surface area contributed by atoms with Crippen LogP contribution in [0.3, 0.4) is 0 Å². The standard InChI is InChI=1S/C32H32O5/c1-34-29-19-17-28(18-20-29)32(26-13-7-3-8-14-26,27-15-9-4-10-16-27)37-24-31(21-33)22-35-30(36-23-31)25-11-5-2-6-12-25/h2-20,30,33H,21-24H2,1H3. The van der Waals surface area contributed by atoms with E-state index in [0.717, 1.165) is 28.0 Å². The molecule has 0 atom stereocenters. The lowest BCUT2D eigenvalue weighted by Crippen LogP contribution is -2.47. The van der Waals surface area contributed by atoms with Gasteiger partial charge in [-0.05, 0) is 28.8 Å². The van der Waals surface area contributed by atoms with Gasteiger partial charge in [-0.25, -0.2) is 0 Å². The molecule has 0 bridgehead atoms. The molecule has 5 nitrogen and oxygen atoms in total. The third-order valence-electron chi connectivity index (χ3n) is 6.94. The van der Waals surface area contributed by atoms with E-state index < -0.39 is 17.3 Å². The molecule has 1 heterocycles. The van der Waals surface area contributed by atoms with Gasteiger partial charge in [0.1, 0.15) is 11.4 Å². The maximum atomic E-state index is 10.5. The van der Waals surface area contributed by atoms with Gasteiger partial charge >= 0.3 is 0 Å². The van der Waals surface area contributed by atoms with E-state index in [1.807, 2.05) is 91.0 Å². The van der Waals surface area contributed by atoms with Crippen LogP contribution in [0.4, 0.5) is 0 Å². The first kappa shape index (κ1) is 25.2. The predicted molar refractivity (Wildman–Crippen MR) is 142 cm³/mol. The zero-order chi connectivity index (χ0) is 25.6. The van der Waals surface area contributed by atoms with E-state index in [2.05, 4.69) is 24.3 Å². The van der Waals surface area contributed by atoms with Crippen LogP contribution in [0.25, 0.3) is 0 Å². The Labute approximate surface area is 218 Å². The lowest BCUT2D eigenvalue weighted by molar-refractivity contribution is -0.256. The van der Waals surface area contributed by atoms with Crippen molar-refractivity contribution in [3.8, 4) is 5.75 Å². The Morgan fingerprint density at radius 1 is 0.730 bits per heavy atom. The van der Waals surface area contributed by atoms with Gasteiger partial charge in [0.2, 0.25) is 0 Å². The van der Waals surface area contributed by atoms with Crippen molar-refractivity contribution in [2.75, 3.05) is 33.5 Å². The van der Waals surface area contributed by atoms with Crippen molar-refractivity contribution in [1.29, 1.82) is 0 Å². The fourth-order valence-electron chi connectivity index (χ4n) is 4.80. The molecule has 1 aliphatic rings. The number of rotatable bonds is 9. The average Bonchev–Trinajstić information content (AvgIpc) is 2.99. The van der Waals surface area contributed by atoms with E-state index in [1.165, 1.54) is 0 Å². The molecule has 5 heteroatoms. The largest absolute Gasteiger partial charge is 0.497 e. The van der Waals surface area contributed by atoms with Gasteiger partial charge in [0.15, 0.2) is 6.29 Å². The van der Waals surface area contributed by atoms with E-state index in [1.54, 1.807) is 7.11 Å². The third kappa shape index (κ3) is 5.17. The summed E-state index contributed by atoms with van der Waals surface area (Å²) in [6.07, 6.45) is -0.463. The summed E-state index contributed by atoms with van der Waals surface area (Å²) in [5, 5.41) is 10.5. The Kier molecular flexibility index (Phi) is 7.68. The van der Waals surface area contributed by atoms with Crippen LogP contribution < -0.4 is 4.74 Å². The summed E-state index contributed by atoms with van der Waals surface area (Å²) < 4.78 is 24.6. The molecule has 190 valence electrons. The van der Waals surface area contributed by atoms with E-state index in [4.69, 9.17) is 18.9 Å². The molecule has 0 aliphatic carbocycles. The van der Waals surface area contributed by atoms with Gasteiger partial charge in [0, 0.05) is 5.56 Å². The van der Waals surface area contributed by atoms with Crippen LogP contribution in [0.15, 0.2) is 115 Å². The van der Waals surface area contributed by atoms with Gasteiger partial charge in [-0.15, -0.1) is 0 Å². The molecule has 0 spiro atoms. The first-order valence-corrected chi connectivity index (χ1v) is 12.5. The summed E-state index contributed by atoms with van der Waals surface area (Å²) >= 11 is 0. The van der Waals surface area contributed by atoms with Crippen molar-refractivity contribution in [2.45, 2.75) is 11.9 Å². The number of hydrogen-bond acceptors (Lipinski definition) is 5. The van der Waals surface area contributed by atoms with Gasteiger partial charge in [0.25, 0.3) is 0 Å². The fraction of sp³-hybridized carbons (Fsp3) is 0.250. The number of methoxy groups -OCH3 is 1. The topological polar surface area (TPSA) is 57.2 Å². The molecule has 0 unspecified atom stereocenters. The highest BCUT2D eigenvalue weighted by molar-refractivity contribution is 5.48. The smallest absolute Gasteiger partial charge is 0.183 e. The van der Waals surface area contributed by atoms with Crippen LogP contribution in [0, 0.1) is 5.41 Å². The molecule has 0 saturated carbocycles. The summed E-state index contributed by atoms with van der Waals surface area (Å²) in [5.74, 6) is 0.770. The number of aliphatic hydroxyl groups is 1. The van der Waals surface area contributed by atoms with E-state index in [9.17, 15) is 5.11 Å². The molecule has 4 aromatic carbocycles. The highest BCUT2D eigenvalue weighted by atomic mass is 16.7. The number of benzene rings is 4. The van der Waals surface area contributed by atoms with E-state index in [-0.39, 0.29) is 13.2 Å². The molecule has 0 amide bonds. The van der Waals surface area contributed by atoms with Crippen molar-refractivity contribution in [3.05, 3.63) is 138 Å². The Morgan fingerprint density at radius 3 is 1.70 bits per heavy atom. The molecule has 4 aromatic rings. The Hall–Kier alpha value is -3.48. The summed E-state index contributed by atoms with van der Waals surface area (Å²) in [6, 6.07) is 38.1. The van der Waals surface area contributed by atoms with Crippen molar-refractivity contribution in [2.24, 2.45) is 5.41 Å². The van der Waals surface area contributed by atoms with Gasteiger partial charge in [-0.1, -0.05) is 103 Å². The maximum Gasteiger partial charge on any atom is 0.183 e. The molecule has 1 saturated heterocycles. The van der Waals surface area contributed by atoms with Crippen LogP contribution in [-0.4, -0.2) is 38.6 Å². The summed E-state index contributed by atoms with van der Waals surface area (Å²) in [5.41, 5.74) is 2.24. The zero-order valence-corrected chi connectivity index (χ0v) is 21.0. The quantitative estimate of drug-likeness (QED) is 0.300. The second kappa shape index (κ2) is 11.3. The minimum absolute atomic E-state index is 0.128. The minimum atomic E-state index is -0.923. The van der Waals surface area contributed by atoms with Crippen molar-refractivity contribution in [3.63, 3.8) is 0 Å². The molecule has 0 radical (unpaired) electrons. The molecular weight excluding hydrogens is 464 g/mol. The van der Waals surface area contributed by atoms with Crippen LogP contribution >= 0.6 is 0 Å². The number of aliphatic hydroxyl groups excluding tert-OH is 1. The third-order valence-corrected chi connectivity index (χ3v) is 6.94. The molecular formula is C32H32O5. The lowest BCUT2D eigenvalue weighted by Gasteiger charge is -2.43. The predicted octanol–water partition coefficient (Wildman–Crippen LogP) is 5.73. The summed E-state index contributed by atoms with van der Waals surface area (Å²) in [7, 11) is 1.66. The normalized spacial score (nSPS) is 19.9. The zero-order valence-electron chi connectivity index (χ0n) is 21.0. The average molecular weight is 497 g/mol. The van der Waals surface area contributed by atoms with Crippen molar-refractivity contribution in [1.82, 2.24) is 0 Å². The molecule has 1 aliphatic heterocycles. The van der Waals surface area contributed by atoms with Crippen LogP contribution in [0.2, 0.25) is 0 Å². The first-order chi connectivity index (χ1) is 18.2. The molecule has 5 rings (SSSR count). The van der Waals surface area contributed by atoms with E-state index >= 15 is 0 Å². The molecule has 1 fully saturated rings. The summed E-state index contributed by atoms with van der Waals surface area (Å²) in [6.45, 7) is 0.717. The monoisotopic (exact) mass is 496 g/mol. The van der Waals surface area contributed by atoms with Gasteiger partial charge < -0.3 is 24.1 Å². The molecule has 0 aromatic heterocycles. The van der Waals surface area contributed by atoms with Crippen LogP contribution in [0.5, 0.6) is 5.75 Å².